The number of pyridine rings is 1. The molecule has 1 heterocycles. The van der Waals surface area contributed by atoms with E-state index < -0.39 is 48.9 Å². The van der Waals surface area contributed by atoms with Crippen LogP contribution in [0.4, 0.5) is 11.4 Å². The molecule has 0 spiro atoms. The number of unbranched alkanes of at least 4 members (excludes halogenated alkanes) is 1. The molecule has 4 aromatic rings. The molecule has 0 fully saturated rings. The molecule has 0 saturated heterocycles. The standard InChI is InChI=1S/C31H35N7O5/c32-16-7-6-15-24(29(33)41)38-31(43)25(18-39)36-26(40)17-34-30(42)22-13-8-12-21-27(35-19-9-2-1-3-10-19)20-11-4-5-14-23(20)37-28(21)22/h1-5,8-14,24-25,39H,6-7,15-18,32H2,(H2,33,41)(H,34,42)(H,35,37)(H,36,40)(H,38,43)/t24-,25-/m0/s1. The molecule has 1 aromatic heterocycles. The molecule has 2 atom stereocenters. The maximum absolute atomic E-state index is 13.3. The van der Waals surface area contributed by atoms with E-state index in [1.165, 1.54) is 0 Å². The second-order valence-electron chi connectivity index (χ2n) is 9.93. The number of aromatic nitrogens is 1. The van der Waals surface area contributed by atoms with Gasteiger partial charge in [0.1, 0.15) is 12.1 Å². The zero-order valence-electron chi connectivity index (χ0n) is 23.5. The van der Waals surface area contributed by atoms with E-state index >= 15 is 0 Å². The van der Waals surface area contributed by atoms with Crippen LogP contribution in [0, 0.1) is 0 Å². The third-order valence-electron chi connectivity index (χ3n) is 6.85. The van der Waals surface area contributed by atoms with Crippen LogP contribution in [0.3, 0.4) is 0 Å². The van der Waals surface area contributed by atoms with Crippen molar-refractivity contribution in [2.45, 2.75) is 31.3 Å². The van der Waals surface area contributed by atoms with E-state index in [1.807, 2.05) is 60.7 Å². The van der Waals surface area contributed by atoms with E-state index in [4.69, 9.17) is 16.5 Å². The van der Waals surface area contributed by atoms with Gasteiger partial charge in [-0.25, -0.2) is 4.98 Å². The van der Waals surface area contributed by atoms with Gasteiger partial charge in [0.2, 0.25) is 17.7 Å². The maximum atomic E-state index is 13.3. The Bertz CT molecular complexity index is 1610. The average molecular weight is 586 g/mol. The summed E-state index contributed by atoms with van der Waals surface area (Å²) in [5.41, 5.74) is 13.9. The number of nitrogens with two attached hydrogens (primary N) is 2. The summed E-state index contributed by atoms with van der Waals surface area (Å²) in [5, 5.41) is 22.1. The predicted octanol–water partition coefficient (Wildman–Crippen LogP) is 1.44. The minimum Gasteiger partial charge on any atom is -0.394 e. The Labute approximate surface area is 248 Å². The SMILES string of the molecule is NCCCC[C@H](NC(=O)[C@H](CO)NC(=O)CNC(=O)c1cccc2c(Nc3ccccc3)c3ccccc3nc12)C(N)=O. The lowest BCUT2D eigenvalue weighted by atomic mass is 10.0. The van der Waals surface area contributed by atoms with E-state index in [9.17, 15) is 24.3 Å². The van der Waals surface area contributed by atoms with Crippen molar-refractivity contribution in [3.05, 3.63) is 78.4 Å². The Hall–Kier alpha value is -5.07. The molecule has 0 radical (unpaired) electrons. The van der Waals surface area contributed by atoms with Gasteiger partial charge in [-0.05, 0) is 50.1 Å². The van der Waals surface area contributed by atoms with Gasteiger partial charge >= 0.3 is 0 Å². The first-order chi connectivity index (χ1) is 20.8. The molecule has 224 valence electrons. The summed E-state index contributed by atoms with van der Waals surface area (Å²) < 4.78 is 0. The monoisotopic (exact) mass is 585 g/mol. The van der Waals surface area contributed by atoms with Crippen molar-refractivity contribution in [2.24, 2.45) is 11.5 Å². The van der Waals surface area contributed by atoms with Crippen LogP contribution in [0.25, 0.3) is 21.8 Å². The van der Waals surface area contributed by atoms with Gasteiger partial charge in [0, 0.05) is 16.5 Å². The number of aliphatic hydroxyl groups excluding tert-OH is 1. The fraction of sp³-hybridized carbons (Fsp3) is 0.258. The van der Waals surface area contributed by atoms with E-state index in [0.717, 1.165) is 16.8 Å². The van der Waals surface area contributed by atoms with Crippen molar-refractivity contribution in [1.82, 2.24) is 20.9 Å². The Morgan fingerprint density at radius 3 is 2.28 bits per heavy atom. The van der Waals surface area contributed by atoms with Crippen LogP contribution in [0.15, 0.2) is 72.8 Å². The summed E-state index contributed by atoms with van der Waals surface area (Å²) in [4.78, 5) is 55.0. The van der Waals surface area contributed by atoms with Crippen LogP contribution >= 0.6 is 0 Å². The highest BCUT2D eigenvalue weighted by Gasteiger charge is 2.25. The first-order valence-corrected chi connectivity index (χ1v) is 13.9. The number of carbonyl (C=O) groups excluding carboxylic acids is 4. The van der Waals surface area contributed by atoms with Gasteiger partial charge in [0.25, 0.3) is 5.91 Å². The van der Waals surface area contributed by atoms with Crippen LogP contribution in [0.1, 0.15) is 29.6 Å². The van der Waals surface area contributed by atoms with Crippen LogP contribution in [-0.2, 0) is 14.4 Å². The fourth-order valence-electron chi connectivity index (χ4n) is 4.64. The van der Waals surface area contributed by atoms with Crippen LogP contribution < -0.4 is 32.7 Å². The first-order valence-electron chi connectivity index (χ1n) is 13.9. The largest absolute Gasteiger partial charge is 0.394 e. The minimum absolute atomic E-state index is 0.255. The fourth-order valence-corrected chi connectivity index (χ4v) is 4.64. The number of nitrogens with zero attached hydrogens (tertiary/aromatic N) is 1. The van der Waals surface area contributed by atoms with E-state index in [-0.39, 0.29) is 12.0 Å². The number of hydrogen-bond acceptors (Lipinski definition) is 8. The van der Waals surface area contributed by atoms with Crippen molar-refractivity contribution in [1.29, 1.82) is 0 Å². The zero-order chi connectivity index (χ0) is 30.8. The smallest absolute Gasteiger partial charge is 0.253 e. The number of hydrogen-bond donors (Lipinski definition) is 7. The molecule has 0 bridgehead atoms. The molecular weight excluding hydrogens is 550 g/mol. The molecule has 0 aliphatic heterocycles. The van der Waals surface area contributed by atoms with Crippen molar-refractivity contribution < 1.29 is 24.3 Å². The number of aliphatic hydroxyl groups is 1. The van der Waals surface area contributed by atoms with Crippen molar-refractivity contribution in [3.63, 3.8) is 0 Å². The maximum Gasteiger partial charge on any atom is 0.253 e. The highest BCUT2D eigenvalue weighted by atomic mass is 16.3. The molecule has 0 unspecified atom stereocenters. The second-order valence-corrected chi connectivity index (χ2v) is 9.93. The third kappa shape index (κ3) is 7.82. The Morgan fingerprint density at radius 2 is 1.56 bits per heavy atom. The van der Waals surface area contributed by atoms with Crippen LogP contribution in [-0.4, -0.2) is 65.5 Å². The minimum atomic E-state index is -1.35. The number of carbonyl (C=O) groups is 4. The second kappa shape index (κ2) is 14.7. The number of rotatable bonds is 14. The number of nitrogens with one attached hydrogen (secondary N) is 4. The number of para-hydroxylation sites is 3. The molecule has 12 nitrogen and oxygen atoms in total. The molecule has 0 aliphatic carbocycles. The van der Waals surface area contributed by atoms with Gasteiger partial charge in [-0.2, -0.15) is 0 Å². The molecule has 0 saturated carbocycles. The summed E-state index contributed by atoms with van der Waals surface area (Å²) in [7, 11) is 0. The summed E-state index contributed by atoms with van der Waals surface area (Å²) >= 11 is 0. The van der Waals surface area contributed by atoms with Crippen molar-refractivity contribution in [2.75, 3.05) is 25.0 Å². The van der Waals surface area contributed by atoms with Crippen LogP contribution in [0.2, 0.25) is 0 Å². The normalized spacial score (nSPS) is 12.3. The predicted molar refractivity (Wildman–Crippen MR) is 164 cm³/mol. The highest BCUT2D eigenvalue weighted by Crippen LogP contribution is 2.34. The molecule has 4 amide bonds. The van der Waals surface area contributed by atoms with E-state index in [0.29, 0.717) is 35.8 Å². The number of amides is 4. The number of fused-ring (bicyclic) bond motifs is 2. The van der Waals surface area contributed by atoms with Crippen molar-refractivity contribution in [3.8, 4) is 0 Å². The highest BCUT2D eigenvalue weighted by molar-refractivity contribution is 6.15. The lowest BCUT2D eigenvalue weighted by molar-refractivity contribution is -0.132. The lowest BCUT2D eigenvalue weighted by Gasteiger charge is -2.20. The molecule has 0 aliphatic rings. The summed E-state index contributed by atoms with van der Waals surface area (Å²) in [6, 6.07) is 20.1. The molecule has 4 rings (SSSR count). The Morgan fingerprint density at radius 1 is 0.837 bits per heavy atom. The van der Waals surface area contributed by atoms with Gasteiger partial charge in [0.15, 0.2) is 0 Å². The number of anilines is 2. The molecular formula is C31H35N7O5. The van der Waals surface area contributed by atoms with E-state index in [2.05, 4.69) is 21.3 Å². The molecule has 3 aromatic carbocycles. The third-order valence-corrected chi connectivity index (χ3v) is 6.85. The average Bonchev–Trinajstić information content (AvgIpc) is 3.02. The van der Waals surface area contributed by atoms with Gasteiger partial charge in [-0.3, -0.25) is 19.2 Å². The van der Waals surface area contributed by atoms with Gasteiger partial charge in [-0.15, -0.1) is 0 Å². The quantitative estimate of drug-likeness (QED) is 0.0850. The Kier molecular flexibility index (Phi) is 10.6. The number of benzene rings is 3. The summed E-state index contributed by atoms with van der Waals surface area (Å²) in [5.74, 6) is -2.78. The molecule has 12 heteroatoms. The van der Waals surface area contributed by atoms with E-state index in [1.54, 1.807) is 12.1 Å². The topological polar surface area (TPSA) is 202 Å². The summed E-state index contributed by atoms with van der Waals surface area (Å²) in [6.45, 7) is -0.771. The van der Waals surface area contributed by atoms with Gasteiger partial charge in [-0.1, -0.05) is 48.5 Å². The Balaban J connectivity index is 1.47. The van der Waals surface area contributed by atoms with Gasteiger partial charge in [0.05, 0.1) is 35.4 Å². The first kappa shape index (κ1) is 30.9. The van der Waals surface area contributed by atoms with Crippen molar-refractivity contribution >= 4 is 56.8 Å². The summed E-state index contributed by atoms with van der Waals surface area (Å²) in [6.07, 6.45) is 1.49. The lowest BCUT2D eigenvalue weighted by Crippen LogP contribution is -2.55. The van der Waals surface area contributed by atoms with Crippen LogP contribution in [0.5, 0.6) is 0 Å². The van der Waals surface area contributed by atoms with Gasteiger partial charge < -0.3 is 37.8 Å². The molecule has 43 heavy (non-hydrogen) atoms. The number of primary amides is 1. The molecule has 9 N–H and O–H groups in total. The zero-order valence-corrected chi connectivity index (χ0v) is 23.5.